The standard InChI is InChI=1S/C30H24N4O3/c1-19-16-23(20(2)34(19)24-14-12-22(13-15-24)30(36)37)18-31-33-29(35)26-17-28(21-8-4-3-5-9-21)32-27-11-7-6-10-25(26)27/h3-18H,1-2H3,(H,33,35)(H,36,37)/b31-18+. The number of carboxylic acids is 1. The van der Waals surface area contributed by atoms with E-state index in [-0.39, 0.29) is 11.5 Å². The van der Waals surface area contributed by atoms with Crippen LogP contribution in [0.15, 0.2) is 96.1 Å². The molecule has 0 aliphatic carbocycles. The van der Waals surface area contributed by atoms with Gasteiger partial charge in [-0.05, 0) is 56.3 Å². The molecule has 2 heterocycles. The number of nitrogens with zero attached hydrogens (tertiary/aromatic N) is 3. The summed E-state index contributed by atoms with van der Waals surface area (Å²) in [6.07, 6.45) is 1.61. The summed E-state index contributed by atoms with van der Waals surface area (Å²) >= 11 is 0. The Morgan fingerprint density at radius 1 is 0.919 bits per heavy atom. The number of carboxylic acid groups (broad SMARTS) is 1. The van der Waals surface area contributed by atoms with E-state index in [4.69, 9.17) is 10.1 Å². The highest BCUT2D eigenvalue weighted by atomic mass is 16.4. The molecule has 1 amide bonds. The van der Waals surface area contributed by atoms with E-state index >= 15 is 0 Å². The Kier molecular flexibility index (Phi) is 6.34. The highest BCUT2D eigenvalue weighted by Gasteiger charge is 2.14. The Balaban J connectivity index is 1.41. The lowest BCUT2D eigenvalue weighted by atomic mass is 10.0. The van der Waals surface area contributed by atoms with E-state index in [9.17, 15) is 9.59 Å². The fraction of sp³-hybridized carbons (Fsp3) is 0.0667. The lowest BCUT2D eigenvalue weighted by molar-refractivity contribution is 0.0696. The molecule has 2 aromatic heterocycles. The maximum Gasteiger partial charge on any atom is 0.335 e. The molecule has 0 saturated carbocycles. The summed E-state index contributed by atoms with van der Waals surface area (Å²) in [4.78, 5) is 29.1. The van der Waals surface area contributed by atoms with E-state index in [0.29, 0.717) is 11.3 Å². The Hall–Kier alpha value is -5.04. The van der Waals surface area contributed by atoms with Gasteiger partial charge in [-0.3, -0.25) is 4.79 Å². The number of hydrogen-bond acceptors (Lipinski definition) is 4. The third kappa shape index (κ3) is 4.75. The summed E-state index contributed by atoms with van der Waals surface area (Å²) in [5.41, 5.74) is 9.32. The second-order valence-electron chi connectivity index (χ2n) is 8.65. The number of rotatable bonds is 6. The van der Waals surface area contributed by atoms with Crippen LogP contribution in [0.2, 0.25) is 0 Å². The molecule has 0 fully saturated rings. The molecule has 3 aromatic carbocycles. The number of aryl methyl sites for hydroxylation is 1. The molecule has 5 aromatic rings. The summed E-state index contributed by atoms with van der Waals surface area (Å²) < 4.78 is 2.01. The molecule has 0 radical (unpaired) electrons. The summed E-state index contributed by atoms with van der Waals surface area (Å²) in [6.45, 7) is 3.91. The molecule has 2 N–H and O–H groups in total. The van der Waals surface area contributed by atoms with Crippen LogP contribution in [0.25, 0.3) is 27.8 Å². The first-order valence-corrected chi connectivity index (χ1v) is 11.7. The largest absolute Gasteiger partial charge is 0.478 e. The van der Waals surface area contributed by atoms with Gasteiger partial charge in [0.2, 0.25) is 0 Å². The fourth-order valence-electron chi connectivity index (χ4n) is 4.41. The van der Waals surface area contributed by atoms with Gasteiger partial charge in [0.15, 0.2) is 0 Å². The van der Waals surface area contributed by atoms with Gasteiger partial charge in [0.05, 0.1) is 28.6 Å². The molecule has 7 nitrogen and oxygen atoms in total. The zero-order chi connectivity index (χ0) is 25.9. The van der Waals surface area contributed by atoms with Crippen LogP contribution in [0.1, 0.15) is 37.7 Å². The van der Waals surface area contributed by atoms with E-state index in [1.165, 1.54) is 0 Å². The zero-order valence-corrected chi connectivity index (χ0v) is 20.3. The quantitative estimate of drug-likeness (QED) is 0.234. The first kappa shape index (κ1) is 23.7. The van der Waals surface area contributed by atoms with Crippen molar-refractivity contribution in [2.45, 2.75) is 13.8 Å². The first-order chi connectivity index (χ1) is 17.9. The molecule has 0 unspecified atom stereocenters. The molecular weight excluding hydrogens is 464 g/mol. The summed E-state index contributed by atoms with van der Waals surface area (Å²) in [7, 11) is 0. The van der Waals surface area contributed by atoms with Gasteiger partial charge < -0.3 is 9.67 Å². The minimum atomic E-state index is -0.964. The van der Waals surface area contributed by atoms with Gasteiger partial charge in [-0.15, -0.1) is 0 Å². The van der Waals surface area contributed by atoms with Crippen molar-refractivity contribution in [3.8, 4) is 16.9 Å². The van der Waals surface area contributed by atoms with Gasteiger partial charge in [-0.1, -0.05) is 48.5 Å². The minimum absolute atomic E-state index is 0.231. The van der Waals surface area contributed by atoms with E-state index in [1.54, 1.807) is 36.5 Å². The molecule has 7 heteroatoms. The number of hydrogen-bond donors (Lipinski definition) is 2. The van der Waals surface area contributed by atoms with Crippen molar-refractivity contribution in [1.29, 1.82) is 0 Å². The van der Waals surface area contributed by atoms with Crippen LogP contribution in [0.3, 0.4) is 0 Å². The van der Waals surface area contributed by atoms with Crippen molar-refractivity contribution in [2.75, 3.05) is 0 Å². The average Bonchev–Trinajstić information content (AvgIpc) is 3.20. The summed E-state index contributed by atoms with van der Waals surface area (Å²) in [5, 5.41) is 14.1. The number of carbonyl (C=O) groups excluding carboxylic acids is 1. The molecule has 182 valence electrons. The number of pyridine rings is 1. The number of hydrazone groups is 1. The fourth-order valence-corrected chi connectivity index (χ4v) is 4.41. The van der Waals surface area contributed by atoms with Crippen LogP contribution in [0.5, 0.6) is 0 Å². The van der Waals surface area contributed by atoms with E-state index in [0.717, 1.165) is 39.1 Å². The number of aromatic nitrogens is 2. The van der Waals surface area contributed by atoms with Gasteiger partial charge in [-0.2, -0.15) is 5.10 Å². The molecule has 0 aliphatic rings. The molecule has 0 bridgehead atoms. The first-order valence-electron chi connectivity index (χ1n) is 11.7. The maximum atomic E-state index is 13.2. The molecule has 37 heavy (non-hydrogen) atoms. The molecule has 0 saturated heterocycles. The van der Waals surface area contributed by atoms with Crippen molar-refractivity contribution in [3.63, 3.8) is 0 Å². The number of carbonyl (C=O) groups is 2. The predicted octanol–water partition coefficient (Wildman–Crippen LogP) is 5.77. The Morgan fingerprint density at radius 3 is 2.35 bits per heavy atom. The predicted molar refractivity (Wildman–Crippen MR) is 144 cm³/mol. The number of para-hydroxylation sites is 1. The van der Waals surface area contributed by atoms with Crippen LogP contribution in [-0.4, -0.2) is 32.7 Å². The van der Waals surface area contributed by atoms with Gasteiger partial charge >= 0.3 is 5.97 Å². The Labute approximate surface area is 213 Å². The van der Waals surface area contributed by atoms with E-state index < -0.39 is 5.97 Å². The third-order valence-electron chi connectivity index (χ3n) is 6.24. The lowest BCUT2D eigenvalue weighted by Crippen LogP contribution is -2.18. The molecular formula is C30H24N4O3. The topological polar surface area (TPSA) is 96.6 Å². The molecule has 0 aliphatic heterocycles. The summed E-state index contributed by atoms with van der Waals surface area (Å²) in [5.74, 6) is -1.29. The smallest absolute Gasteiger partial charge is 0.335 e. The van der Waals surface area contributed by atoms with Gasteiger partial charge in [-0.25, -0.2) is 15.2 Å². The third-order valence-corrected chi connectivity index (χ3v) is 6.24. The van der Waals surface area contributed by atoms with Gasteiger partial charge in [0.25, 0.3) is 5.91 Å². The summed E-state index contributed by atoms with van der Waals surface area (Å²) in [6, 6.07) is 27.7. The van der Waals surface area contributed by atoms with E-state index in [2.05, 4.69) is 10.5 Å². The molecule has 0 spiro atoms. The second kappa shape index (κ2) is 9.91. The number of fused-ring (bicyclic) bond motifs is 1. The van der Waals surface area contributed by atoms with Crippen molar-refractivity contribution in [2.24, 2.45) is 5.10 Å². The highest BCUT2D eigenvalue weighted by Crippen LogP contribution is 2.25. The van der Waals surface area contributed by atoms with Crippen molar-refractivity contribution >= 4 is 29.0 Å². The van der Waals surface area contributed by atoms with Crippen molar-refractivity contribution < 1.29 is 14.7 Å². The maximum absolute atomic E-state index is 13.2. The number of nitrogens with one attached hydrogen (secondary N) is 1. The Bertz CT molecular complexity index is 1650. The van der Waals surface area contributed by atoms with Crippen LogP contribution in [-0.2, 0) is 0 Å². The molecule has 5 rings (SSSR count). The highest BCUT2D eigenvalue weighted by molar-refractivity contribution is 6.07. The Morgan fingerprint density at radius 2 is 1.62 bits per heavy atom. The van der Waals surface area contributed by atoms with Crippen LogP contribution >= 0.6 is 0 Å². The zero-order valence-electron chi connectivity index (χ0n) is 20.3. The number of benzene rings is 3. The average molecular weight is 489 g/mol. The number of aromatic carboxylic acids is 1. The minimum Gasteiger partial charge on any atom is -0.478 e. The van der Waals surface area contributed by atoms with Crippen LogP contribution < -0.4 is 5.43 Å². The monoisotopic (exact) mass is 488 g/mol. The van der Waals surface area contributed by atoms with E-state index in [1.807, 2.05) is 79.1 Å². The van der Waals surface area contributed by atoms with Crippen LogP contribution in [0.4, 0.5) is 0 Å². The van der Waals surface area contributed by atoms with Crippen LogP contribution in [0, 0.1) is 13.8 Å². The van der Waals surface area contributed by atoms with Crippen molar-refractivity contribution in [3.05, 3.63) is 119 Å². The SMILES string of the molecule is Cc1cc(/C=N/NC(=O)c2cc(-c3ccccc3)nc3ccccc23)c(C)n1-c1ccc(C(=O)O)cc1. The molecule has 0 atom stereocenters. The number of amides is 1. The lowest BCUT2D eigenvalue weighted by Gasteiger charge is -2.10. The normalized spacial score (nSPS) is 11.2. The van der Waals surface area contributed by atoms with Gasteiger partial charge in [0, 0.05) is 33.6 Å². The van der Waals surface area contributed by atoms with Crippen molar-refractivity contribution in [1.82, 2.24) is 15.0 Å². The van der Waals surface area contributed by atoms with Gasteiger partial charge in [0.1, 0.15) is 0 Å². The second-order valence-corrected chi connectivity index (χ2v) is 8.65.